The van der Waals surface area contributed by atoms with Gasteiger partial charge in [-0.05, 0) is 54.5 Å². The van der Waals surface area contributed by atoms with Crippen LogP contribution in [0, 0.1) is 0 Å². The Kier molecular flexibility index (Phi) is 4.40. The molecule has 1 aliphatic rings. The van der Waals surface area contributed by atoms with Crippen molar-refractivity contribution >= 4 is 37.5 Å². The van der Waals surface area contributed by atoms with E-state index in [0.29, 0.717) is 0 Å². The van der Waals surface area contributed by atoms with E-state index >= 15 is 0 Å². The van der Waals surface area contributed by atoms with Crippen LogP contribution in [0.4, 0.5) is 5.69 Å². The molecule has 1 aliphatic heterocycles. The fraction of sp³-hybridized carbons (Fsp3) is 0.571. The van der Waals surface area contributed by atoms with Gasteiger partial charge in [-0.3, -0.25) is 4.90 Å². The molecule has 1 aromatic carbocycles. The molecule has 0 aromatic heterocycles. The van der Waals surface area contributed by atoms with Crippen LogP contribution in [-0.4, -0.2) is 37.1 Å². The van der Waals surface area contributed by atoms with Crippen LogP contribution in [-0.2, 0) is 5.33 Å². The number of anilines is 1. The predicted molar refractivity (Wildman–Crippen MR) is 85.7 cm³/mol. The summed E-state index contributed by atoms with van der Waals surface area (Å²) < 4.78 is 1.19. The van der Waals surface area contributed by atoms with E-state index in [9.17, 15) is 0 Å². The highest BCUT2D eigenvalue weighted by molar-refractivity contribution is 9.10. The molecule has 0 amide bonds. The maximum absolute atomic E-state index is 3.70. The van der Waals surface area contributed by atoms with E-state index in [4.69, 9.17) is 0 Å². The standard InChI is InChI=1S/C14H20Br2N2/c1-14(2)10-18(7-6-17(14)3)13-5-4-11(9-15)8-12(13)16/h4-5,8H,6-7,9-10H2,1-3H3. The molecule has 4 heteroatoms. The Hall–Kier alpha value is -0.0600. The number of piperazine rings is 1. The lowest BCUT2D eigenvalue weighted by Gasteiger charge is -2.46. The van der Waals surface area contributed by atoms with Crippen LogP contribution >= 0.6 is 31.9 Å². The Labute approximate surface area is 127 Å². The van der Waals surface area contributed by atoms with Crippen LogP contribution in [0.3, 0.4) is 0 Å². The number of nitrogens with zero attached hydrogens (tertiary/aromatic N) is 2. The number of rotatable bonds is 2. The van der Waals surface area contributed by atoms with Crippen LogP contribution in [0.1, 0.15) is 19.4 Å². The lowest BCUT2D eigenvalue weighted by molar-refractivity contribution is 0.139. The quantitative estimate of drug-likeness (QED) is 0.724. The van der Waals surface area contributed by atoms with Crippen molar-refractivity contribution in [2.45, 2.75) is 24.7 Å². The highest BCUT2D eigenvalue weighted by Gasteiger charge is 2.31. The summed E-state index contributed by atoms with van der Waals surface area (Å²) in [6.45, 7) is 7.88. The molecule has 0 unspecified atom stereocenters. The van der Waals surface area contributed by atoms with Crippen LogP contribution in [0.25, 0.3) is 0 Å². The topological polar surface area (TPSA) is 6.48 Å². The average Bonchev–Trinajstić information content (AvgIpc) is 2.32. The summed E-state index contributed by atoms with van der Waals surface area (Å²) in [5.74, 6) is 0. The summed E-state index contributed by atoms with van der Waals surface area (Å²) in [5, 5.41) is 0.903. The summed E-state index contributed by atoms with van der Waals surface area (Å²) in [6.07, 6.45) is 0. The molecular weight excluding hydrogens is 356 g/mol. The Morgan fingerprint density at radius 2 is 2.00 bits per heavy atom. The zero-order valence-corrected chi connectivity index (χ0v) is 14.4. The van der Waals surface area contributed by atoms with Crippen molar-refractivity contribution in [3.05, 3.63) is 28.2 Å². The SMILES string of the molecule is CN1CCN(c2ccc(CBr)cc2Br)CC1(C)C. The molecule has 0 N–H and O–H groups in total. The fourth-order valence-electron chi connectivity index (χ4n) is 2.34. The molecule has 0 radical (unpaired) electrons. The van der Waals surface area contributed by atoms with Crippen molar-refractivity contribution in [2.24, 2.45) is 0 Å². The van der Waals surface area contributed by atoms with E-state index in [0.717, 1.165) is 25.0 Å². The number of hydrogen-bond donors (Lipinski definition) is 0. The third kappa shape index (κ3) is 2.91. The molecule has 1 aromatic rings. The lowest BCUT2D eigenvalue weighted by Crippen LogP contribution is -2.57. The Morgan fingerprint density at radius 3 is 2.56 bits per heavy atom. The maximum Gasteiger partial charge on any atom is 0.0511 e. The summed E-state index contributed by atoms with van der Waals surface area (Å²) in [6, 6.07) is 6.62. The highest BCUT2D eigenvalue weighted by atomic mass is 79.9. The zero-order chi connectivity index (χ0) is 13.3. The van der Waals surface area contributed by atoms with Gasteiger partial charge in [0.25, 0.3) is 0 Å². The van der Waals surface area contributed by atoms with E-state index in [-0.39, 0.29) is 5.54 Å². The number of alkyl halides is 1. The number of halogens is 2. The van der Waals surface area contributed by atoms with Gasteiger partial charge in [0.2, 0.25) is 0 Å². The third-order valence-electron chi connectivity index (χ3n) is 3.82. The zero-order valence-electron chi connectivity index (χ0n) is 11.2. The van der Waals surface area contributed by atoms with Crippen molar-refractivity contribution < 1.29 is 0 Å². The van der Waals surface area contributed by atoms with Gasteiger partial charge in [0, 0.05) is 35.0 Å². The van der Waals surface area contributed by atoms with Gasteiger partial charge >= 0.3 is 0 Å². The van der Waals surface area contributed by atoms with Gasteiger partial charge in [0.05, 0.1) is 5.69 Å². The first-order valence-corrected chi connectivity index (χ1v) is 8.16. The molecule has 2 nitrogen and oxygen atoms in total. The summed E-state index contributed by atoms with van der Waals surface area (Å²) in [5.41, 5.74) is 2.84. The van der Waals surface area contributed by atoms with Crippen molar-refractivity contribution in [3.8, 4) is 0 Å². The van der Waals surface area contributed by atoms with E-state index < -0.39 is 0 Å². The minimum atomic E-state index is 0.228. The summed E-state index contributed by atoms with van der Waals surface area (Å²) in [4.78, 5) is 4.91. The molecule has 100 valence electrons. The monoisotopic (exact) mass is 374 g/mol. The second-order valence-corrected chi connectivity index (χ2v) is 6.99. The second kappa shape index (κ2) is 5.51. The molecule has 0 saturated carbocycles. The molecule has 1 fully saturated rings. The smallest absolute Gasteiger partial charge is 0.0511 e. The molecule has 2 rings (SSSR count). The summed E-state index contributed by atoms with van der Waals surface area (Å²) in [7, 11) is 2.21. The van der Waals surface area contributed by atoms with Crippen molar-refractivity contribution in [3.63, 3.8) is 0 Å². The first-order chi connectivity index (χ1) is 8.44. The Balaban J connectivity index is 2.22. The minimum absolute atomic E-state index is 0.228. The van der Waals surface area contributed by atoms with Gasteiger partial charge in [-0.25, -0.2) is 0 Å². The van der Waals surface area contributed by atoms with E-state index in [1.54, 1.807) is 0 Å². The highest BCUT2D eigenvalue weighted by Crippen LogP contribution is 2.31. The van der Waals surface area contributed by atoms with Gasteiger partial charge < -0.3 is 4.90 Å². The molecule has 0 bridgehead atoms. The first kappa shape index (κ1) is 14.4. The van der Waals surface area contributed by atoms with E-state index in [1.807, 2.05) is 0 Å². The molecule has 18 heavy (non-hydrogen) atoms. The lowest BCUT2D eigenvalue weighted by atomic mass is 9.99. The van der Waals surface area contributed by atoms with Crippen molar-refractivity contribution in [2.75, 3.05) is 31.6 Å². The first-order valence-electron chi connectivity index (χ1n) is 6.24. The van der Waals surface area contributed by atoms with Crippen LogP contribution in [0.2, 0.25) is 0 Å². The van der Waals surface area contributed by atoms with Crippen molar-refractivity contribution in [1.29, 1.82) is 0 Å². The van der Waals surface area contributed by atoms with Gasteiger partial charge in [-0.2, -0.15) is 0 Å². The molecule has 0 spiro atoms. The number of hydrogen-bond acceptors (Lipinski definition) is 2. The average molecular weight is 376 g/mol. The molecule has 1 saturated heterocycles. The van der Waals surface area contributed by atoms with Gasteiger partial charge in [-0.15, -0.1) is 0 Å². The summed E-state index contributed by atoms with van der Waals surface area (Å²) >= 11 is 7.20. The Bertz CT molecular complexity index is 432. The van der Waals surface area contributed by atoms with Crippen molar-refractivity contribution in [1.82, 2.24) is 4.90 Å². The third-order valence-corrected chi connectivity index (χ3v) is 5.11. The fourth-order valence-corrected chi connectivity index (χ4v) is 3.36. The predicted octanol–water partition coefficient (Wildman–Crippen LogP) is 3.87. The second-order valence-electron chi connectivity index (χ2n) is 5.57. The normalized spacial score (nSPS) is 20.2. The van der Waals surface area contributed by atoms with Gasteiger partial charge in [0.15, 0.2) is 0 Å². The number of likely N-dealkylation sites (N-methyl/N-ethyl adjacent to an activating group) is 1. The molecule has 1 heterocycles. The van der Waals surface area contributed by atoms with Crippen LogP contribution in [0.15, 0.2) is 22.7 Å². The maximum atomic E-state index is 3.70. The van der Waals surface area contributed by atoms with Crippen LogP contribution < -0.4 is 4.90 Å². The number of benzene rings is 1. The van der Waals surface area contributed by atoms with E-state index in [1.165, 1.54) is 15.7 Å². The molecular formula is C14H20Br2N2. The largest absolute Gasteiger partial charge is 0.368 e. The minimum Gasteiger partial charge on any atom is -0.368 e. The molecule has 0 atom stereocenters. The van der Waals surface area contributed by atoms with Crippen LogP contribution in [0.5, 0.6) is 0 Å². The Morgan fingerprint density at radius 1 is 1.28 bits per heavy atom. The van der Waals surface area contributed by atoms with Gasteiger partial charge in [0.1, 0.15) is 0 Å². The molecule has 0 aliphatic carbocycles. The van der Waals surface area contributed by atoms with E-state index in [2.05, 4.69) is 80.8 Å². The van der Waals surface area contributed by atoms with Gasteiger partial charge in [-0.1, -0.05) is 22.0 Å².